The molecule has 0 aromatic heterocycles. The zero-order chi connectivity index (χ0) is 21.4. The Morgan fingerprint density at radius 1 is 1.24 bits per heavy atom. The van der Waals surface area contributed by atoms with Crippen LogP contribution in [0, 0.1) is 17.3 Å². The van der Waals surface area contributed by atoms with Crippen molar-refractivity contribution in [3.05, 3.63) is 47.0 Å². The molecule has 2 saturated carbocycles. The zero-order valence-electron chi connectivity index (χ0n) is 19.6. The molecule has 2 aliphatic carbocycles. The highest BCUT2D eigenvalue weighted by Gasteiger charge is 2.51. The second kappa shape index (κ2) is 8.15. The lowest BCUT2D eigenvalue weighted by Crippen LogP contribution is -2.37. The summed E-state index contributed by atoms with van der Waals surface area (Å²) in [4.78, 5) is 12.5. The van der Waals surface area contributed by atoms with E-state index in [9.17, 15) is 4.79 Å². The fourth-order valence-corrected chi connectivity index (χ4v) is 7.84. The van der Waals surface area contributed by atoms with Crippen molar-refractivity contribution in [1.82, 2.24) is 0 Å². The fraction of sp³-hybridized carbons (Fsp3) is 0.654. The summed E-state index contributed by atoms with van der Waals surface area (Å²) in [5.41, 5.74) is 4.03. The monoisotopic (exact) mass is 412 g/mol. The van der Waals surface area contributed by atoms with Gasteiger partial charge in [-0.1, -0.05) is 42.8 Å². The molecule has 0 radical (unpaired) electrons. The smallest absolute Gasteiger partial charge is 0.184 e. The number of rotatable bonds is 6. The minimum atomic E-state index is -1.65. The molecular formula is C26H40O2Si. The van der Waals surface area contributed by atoms with Gasteiger partial charge in [-0.3, -0.25) is 4.79 Å². The fourth-order valence-electron chi connectivity index (χ4n) is 6.20. The van der Waals surface area contributed by atoms with Crippen LogP contribution in [0.15, 0.2) is 35.9 Å². The van der Waals surface area contributed by atoms with Crippen molar-refractivity contribution in [2.24, 2.45) is 17.3 Å². The quantitative estimate of drug-likeness (QED) is 0.370. The van der Waals surface area contributed by atoms with Crippen molar-refractivity contribution < 1.29 is 9.22 Å². The second-order valence-corrected chi connectivity index (χ2v) is 15.5. The number of allylic oxidation sites excluding steroid dienone is 2. The van der Waals surface area contributed by atoms with Crippen molar-refractivity contribution in [1.29, 1.82) is 0 Å². The number of fused-ring (bicyclic) bond motifs is 1. The predicted molar refractivity (Wildman–Crippen MR) is 125 cm³/mol. The molecule has 0 aliphatic heterocycles. The van der Waals surface area contributed by atoms with Crippen LogP contribution in [0.5, 0.6) is 0 Å². The second-order valence-electron chi connectivity index (χ2n) is 11.0. The largest absolute Gasteiger partial charge is 0.409 e. The van der Waals surface area contributed by atoms with Gasteiger partial charge in [-0.2, -0.15) is 0 Å². The number of ketones is 1. The van der Waals surface area contributed by atoms with Gasteiger partial charge in [0.15, 0.2) is 8.32 Å². The van der Waals surface area contributed by atoms with E-state index in [0.717, 1.165) is 25.7 Å². The van der Waals surface area contributed by atoms with Gasteiger partial charge < -0.3 is 4.43 Å². The molecule has 29 heavy (non-hydrogen) atoms. The average molecular weight is 413 g/mol. The lowest BCUT2D eigenvalue weighted by Gasteiger charge is -2.40. The van der Waals surface area contributed by atoms with Crippen molar-refractivity contribution in [2.75, 3.05) is 0 Å². The van der Waals surface area contributed by atoms with Gasteiger partial charge in [-0.25, -0.2) is 0 Å². The molecule has 1 aromatic rings. The van der Waals surface area contributed by atoms with Crippen LogP contribution < -0.4 is 0 Å². The molecule has 0 bridgehead atoms. The zero-order valence-corrected chi connectivity index (χ0v) is 20.6. The Labute approximate surface area is 179 Å². The van der Waals surface area contributed by atoms with Gasteiger partial charge >= 0.3 is 0 Å². The lowest BCUT2D eigenvalue weighted by molar-refractivity contribution is -0.129. The highest BCUT2D eigenvalue weighted by molar-refractivity contribution is 6.69. The third-order valence-electron chi connectivity index (χ3n) is 7.28. The van der Waals surface area contributed by atoms with Crippen LogP contribution in [0.25, 0.3) is 0 Å². The van der Waals surface area contributed by atoms with Crippen LogP contribution in [-0.2, 0) is 21.2 Å². The summed E-state index contributed by atoms with van der Waals surface area (Å²) < 4.78 is 6.54. The van der Waals surface area contributed by atoms with Crippen LogP contribution in [0.3, 0.4) is 0 Å². The van der Waals surface area contributed by atoms with Crippen LogP contribution in [0.4, 0.5) is 0 Å². The molecule has 3 rings (SSSR count). The van der Waals surface area contributed by atoms with Gasteiger partial charge in [0.25, 0.3) is 0 Å². The van der Waals surface area contributed by atoms with Crippen molar-refractivity contribution in [3.8, 4) is 0 Å². The summed E-state index contributed by atoms with van der Waals surface area (Å²) in [5, 5.41) is 0. The molecule has 2 nitrogen and oxygen atoms in total. The minimum Gasteiger partial charge on any atom is -0.409 e. The molecule has 160 valence electrons. The van der Waals surface area contributed by atoms with Gasteiger partial charge in [0.05, 0.1) is 5.60 Å². The Morgan fingerprint density at radius 3 is 2.62 bits per heavy atom. The Morgan fingerprint density at radius 2 is 1.93 bits per heavy atom. The van der Waals surface area contributed by atoms with E-state index < -0.39 is 8.32 Å². The molecule has 0 amide bonds. The van der Waals surface area contributed by atoms with E-state index in [-0.39, 0.29) is 11.0 Å². The highest BCUT2D eigenvalue weighted by Crippen LogP contribution is 2.56. The number of carbonyl (C=O) groups excluding carboxylic acids is 1. The topological polar surface area (TPSA) is 26.3 Å². The van der Waals surface area contributed by atoms with Crippen molar-refractivity contribution in [3.63, 3.8) is 0 Å². The number of hydrogen-bond acceptors (Lipinski definition) is 2. The number of benzene rings is 1. The summed E-state index contributed by atoms with van der Waals surface area (Å²) >= 11 is 0. The molecule has 1 aromatic carbocycles. The molecule has 0 N–H and O–H groups in total. The number of hydrogen-bond donors (Lipinski definition) is 0. The molecule has 2 aliphatic rings. The average Bonchev–Trinajstić information content (AvgIpc) is 2.96. The van der Waals surface area contributed by atoms with E-state index in [0.29, 0.717) is 17.6 Å². The first kappa shape index (κ1) is 22.5. The van der Waals surface area contributed by atoms with E-state index >= 15 is 0 Å². The number of Topliss-reactive ketones (excluding diaryl/α,β-unsaturated/α-hetero) is 1. The Hall–Kier alpha value is -1.19. The van der Waals surface area contributed by atoms with E-state index in [1.54, 1.807) is 0 Å². The van der Waals surface area contributed by atoms with Gasteiger partial charge in [-0.05, 0) is 95.0 Å². The van der Waals surface area contributed by atoms with Gasteiger partial charge in [0.2, 0.25) is 0 Å². The molecule has 0 heterocycles. The summed E-state index contributed by atoms with van der Waals surface area (Å²) in [6.45, 7) is 15.8. The molecule has 0 saturated heterocycles. The van der Waals surface area contributed by atoms with E-state index in [2.05, 4.69) is 77.7 Å². The maximum absolute atomic E-state index is 12.5. The molecular weight excluding hydrogens is 372 g/mol. The van der Waals surface area contributed by atoms with E-state index in [4.69, 9.17) is 4.43 Å². The molecule has 2 unspecified atom stereocenters. The molecule has 3 atom stereocenters. The first-order valence-corrected chi connectivity index (χ1v) is 14.8. The summed E-state index contributed by atoms with van der Waals surface area (Å²) in [7, 11) is -1.65. The third kappa shape index (κ3) is 4.77. The molecule has 3 heteroatoms. The summed E-state index contributed by atoms with van der Waals surface area (Å²) in [5.74, 6) is 1.36. The van der Waals surface area contributed by atoms with Crippen LogP contribution >= 0.6 is 0 Å². The summed E-state index contributed by atoms with van der Waals surface area (Å²) in [6, 6.07) is 8.74. The lowest BCUT2D eigenvalue weighted by atomic mass is 9.63. The Kier molecular flexibility index (Phi) is 6.32. The van der Waals surface area contributed by atoms with Gasteiger partial charge in [0, 0.05) is 12.3 Å². The van der Waals surface area contributed by atoms with Gasteiger partial charge in [0.1, 0.15) is 5.78 Å². The maximum atomic E-state index is 12.5. The Balaban J connectivity index is 1.81. The predicted octanol–water partition coefficient (Wildman–Crippen LogP) is 7.05. The number of carbonyl (C=O) groups is 1. The SMILES string of the molecule is CC(=CCc1ccccc1C(C)(C)O[Si](C)(C)C)C1CCC2C(=O)CCC[C@@]21C. The van der Waals surface area contributed by atoms with Gasteiger partial charge in [-0.15, -0.1) is 0 Å². The van der Waals surface area contributed by atoms with Crippen LogP contribution in [0.1, 0.15) is 70.9 Å². The van der Waals surface area contributed by atoms with E-state index in [1.165, 1.54) is 29.5 Å². The van der Waals surface area contributed by atoms with Crippen molar-refractivity contribution >= 4 is 14.1 Å². The maximum Gasteiger partial charge on any atom is 0.184 e. The standard InChI is InChI=1S/C26H40O2Si/c1-19(21-16-17-23-24(27)13-10-18-26(21,23)4)14-15-20-11-8-9-12-22(20)25(2,3)28-29(5,6)7/h8-9,11-12,14,21,23H,10,13,15-18H2,1-7H3/t21?,23?,26-/m1/s1. The Bertz CT molecular complexity index is 786. The molecule has 0 spiro atoms. The normalized spacial score (nSPS) is 28.5. The van der Waals surface area contributed by atoms with Crippen molar-refractivity contribution in [2.45, 2.75) is 91.5 Å². The first-order valence-electron chi connectivity index (χ1n) is 11.4. The molecule has 2 fully saturated rings. The summed E-state index contributed by atoms with van der Waals surface area (Å²) in [6.07, 6.45) is 8.69. The van der Waals surface area contributed by atoms with E-state index in [1.807, 2.05) is 0 Å². The highest BCUT2D eigenvalue weighted by atomic mass is 28.4. The van der Waals surface area contributed by atoms with Crippen LogP contribution in [-0.4, -0.2) is 14.1 Å². The third-order valence-corrected chi connectivity index (χ3v) is 8.41. The minimum absolute atomic E-state index is 0.176. The first-order chi connectivity index (χ1) is 13.4. The van der Waals surface area contributed by atoms with Crippen LogP contribution in [0.2, 0.25) is 19.6 Å².